The van der Waals surface area contributed by atoms with Gasteiger partial charge < -0.3 is 0 Å². The Balaban J connectivity index is 1.78. The third-order valence-corrected chi connectivity index (χ3v) is 9.73. The van der Waals surface area contributed by atoms with Crippen LogP contribution in [0.1, 0.15) is 73.1 Å². The summed E-state index contributed by atoms with van der Waals surface area (Å²) < 4.78 is 16.8. The quantitative estimate of drug-likeness (QED) is 0.630. The number of halogens is 1. The Hall–Kier alpha value is -1.25. The molecule has 0 aliphatic heterocycles. The summed E-state index contributed by atoms with van der Waals surface area (Å²) in [6, 6.07) is 0. The standard InChI is InChI=1S/C24H33FO2/c1-6-20(27)23(5)15(2)13-19-18-8-7-16-14-17(26)9-10-21(16,3)24(18,25)12-11-22(19,23)4/h9-10,14-15,18-19H,6-8,11-13H2,1-5H3/t15-,18+,19+,21+,22+,23-,24-/m1/s1. The Kier molecular flexibility index (Phi) is 3.99. The molecule has 7 atom stereocenters. The lowest BCUT2D eigenvalue weighted by Gasteiger charge is -2.61. The fourth-order valence-corrected chi connectivity index (χ4v) is 7.63. The molecule has 0 N–H and O–H groups in total. The molecule has 3 heteroatoms. The first kappa shape index (κ1) is 19.1. The molecule has 0 heterocycles. The average Bonchev–Trinajstić information content (AvgIpc) is 2.84. The van der Waals surface area contributed by atoms with Gasteiger partial charge in [0.15, 0.2) is 5.78 Å². The third kappa shape index (κ3) is 2.07. The van der Waals surface area contributed by atoms with Gasteiger partial charge in [-0.05, 0) is 74.3 Å². The van der Waals surface area contributed by atoms with Gasteiger partial charge in [-0.15, -0.1) is 0 Å². The molecule has 0 saturated heterocycles. The van der Waals surface area contributed by atoms with Gasteiger partial charge in [0.1, 0.15) is 11.5 Å². The summed E-state index contributed by atoms with van der Waals surface area (Å²) in [4.78, 5) is 24.9. The number of rotatable bonds is 2. The molecule has 0 spiro atoms. The second-order valence-corrected chi connectivity index (χ2v) is 10.3. The van der Waals surface area contributed by atoms with Gasteiger partial charge in [-0.3, -0.25) is 9.59 Å². The number of fused-ring (bicyclic) bond motifs is 5. The van der Waals surface area contributed by atoms with E-state index in [2.05, 4.69) is 20.8 Å². The lowest BCUT2D eigenvalue weighted by molar-refractivity contribution is -0.157. The van der Waals surface area contributed by atoms with Crippen LogP contribution >= 0.6 is 0 Å². The minimum Gasteiger partial charge on any atom is -0.299 e. The molecule has 4 aliphatic rings. The molecule has 3 fully saturated rings. The zero-order valence-corrected chi connectivity index (χ0v) is 17.4. The van der Waals surface area contributed by atoms with Gasteiger partial charge >= 0.3 is 0 Å². The van der Waals surface area contributed by atoms with Gasteiger partial charge in [-0.2, -0.15) is 0 Å². The lowest BCUT2D eigenvalue weighted by atomic mass is 9.44. The Morgan fingerprint density at radius 3 is 2.59 bits per heavy atom. The summed E-state index contributed by atoms with van der Waals surface area (Å²) in [6.45, 7) is 10.6. The Labute approximate surface area is 162 Å². The van der Waals surface area contributed by atoms with Crippen molar-refractivity contribution < 1.29 is 14.0 Å². The normalized spacial score (nSPS) is 51.3. The third-order valence-electron chi connectivity index (χ3n) is 9.73. The van der Waals surface area contributed by atoms with Crippen LogP contribution in [-0.2, 0) is 9.59 Å². The van der Waals surface area contributed by atoms with E-state index in [1.54, 1.807) is 12.2 Å². The van der Waals surface area contributed by atoms with Crippen LogP contribution < -0.4 is 0 Å². The summed E-state index contributed by atoms with van der Waals surface area (Å²) in [5, 5.41) is 0. The van der Waals surface area contributed by atoms with E-state index in [-0.39, 0.29) is 34.4 Å². The molecule has 4 aliphatic carbocycles. The number of hydrogen-bond donors (Lipinski definition) is 0. The van der Waals surface area contributed by atoms with Crippen LogP contribution in [0.25, 0.3) is 0 Å². The van der Waals surface area contributed by atoms with Gasteiger partial charge in [0.25, 0.3) is 0 Å². The van der Waals surface area contributed by atoms with E-state index in [0.717, 1.165) is 31.3 Å². The number of allylic oxidation sites excluding steroid dienone is 4. The van der Waals surface area contributed by atoms with Gasteiger partial charge in [-0.1, -0.05) is 39.3 Å². The highest BCUT2D eigenvalue weighted by molar-refractivity contribution is 6.01. The molecule has 0 aromatic carbocycles. The van der Waals surface area contributed by atoms with E-state index in [1.807, 2.05) is 19.9 Å². The summed E-state index contributed by atoms with van der Waals surface area (Å²) in [5.41, 5.74) is -1.52. The van der Waals surface area contributed by atoms with E-state index in [9.17, 15) is 9.59 Å². The van der Waals surface area contributed by atoms with E-state index in [1.165, 1.54) is 0 Å². The molecule has 0 unspecified atom stereocenters. The topological polar surface area (TPSA) is 34.1 Å². The Morgan fingerprint density at radius 2 is 1.93 bits per heavy atom. The molecule has 0 bridgehead atoms. The Morgan fingerprint density at radius 1 is 1.22 bits per heavy atom. The fraction of sp³-hybridized carbons (Fsp3) is 0.750. The zero-order valence-electron chi connectivity index (χ0n) is 17.4. The largest absolute Gasteiger partial charge is 0.299 e. The molecular weight excluding hydrogens is 339 g/mol. The van der Waals surface area contributed by atoms with Crippen molar-refractivity contribution >= 4 is 11.6 Å². The van der Waals surface area contributed by atoms with Crippen molar-refractivity contribution in [1.82, 2.24) is 0 Å². The Bertz CT molecular complexity index is 766. The maximum Gasteiger partial charge on any atom is 0.178 e. The van der Waals surface area contributed by atoms with Crippen molar-refractivity contribution in [3.63, 3.8) is 0 Å². The molecule has 4 rings (SSSR count). The molecule has 0 aromatic rings. The van der Waals surface area contributed by atoms with Crippen molar-refractivity contribution in [3.05, 3.63) is 23.8 Å². The molecule has 148 valence electrons. The predicted molar refractivity (Wildman–Crippen MR) is 105 cm³/mol. The molecule has 0 aromatic heterocycles. The highest BCUT2D eigenvalue weighted by atomic mass is 19.1. The SMILES string of the molecule is CCC(=O)[C@@]1(C)[C@H](C)C[C@H]2[C@@H]3CCC4=CC(=O)C=C[C@]4(C)[C@@]3(F)CC[C@@]21C. The second-order valence-electron chi connectivity index (χ2n) is 10.3. The van der Waals surface area contributed by atoms with Gasteiger partial charge in [0.2, 0.25) is 0 Å². The van der Waals surface area contributed by atoms with E-state index in [0.29, 0.717) is 18.6 Å². The zero-order chi connectivity index (χ0) is 19.8. The van der Waals surface area contributed by atoms with E-state index in [4.69, 9.17) is 0 Å². The van der Waals surface area contributed by atoms with Gasteiger partial charge in [0.05, 0.1) is 0 Å². The van der Waals surface area contributed by atoms with Crippen LogP contribution in [0.3, 0.4) is 0 Å². The fourth-order valence-electron chi connectivity index (χ4n) is 7.63. The van der Waals surface area contributed by atoms with Gasteiger partial charge in [0, 0.05) is 17.3 Å². The molecule has 0 radical (unpaired) electrons. The molecule has 3 saturated carbocycles. The van der Waals surface area contributed by atoms with Crippen LogP contribution in [0, 0.1) is 34.0 Å². The van der Waals surface area contributed by atoms with Crippen LogP contribution in [0.15, 0.2) is 23.8 Å². The number of alkyl halides is 1. The number of hydrogen-bond acceptors (Lipinski definition) is 2. The molecule has 27 heavy (non-hydrogen) atoms. The van der Waals surface area contributed by atoms with Crippen molar-refractivity contribution in [2.24, 2.45) is 34.0 Å². The number of carbonyl (C=O) groups excluding carboxylic acids is 2. The van der Waals surface area contributed by atoms with Crippen LogP contribution in [0.2, 0.25) is 0 Å². The highest BCUT2D eigenvalue weighted by Crippen LogP contribution is 2.73. The number of Topliss-reactive ketones (excluding diaryl/α,β-unsaturated/α-hetero) is 1. The minimum absolute atomic E-state index is 0.0132. The van der Waals surface area contributed by atoms with Gasteiger partial charge in [-0.25, -0.2) is 4.39 Å². The van der Waals surface area contributed by atoms with Crippen LogP contribution in [0.5, 0.6) is 0 Å². The first-order valence-electron chi connectivity index (χ1n) is 10.7. The second kappa shape index (κ2) is 5.64. The maximum atomic E-state index is 16.8. The summed E-state index contributed by atoms with van der Waals surface area (Å²) in [5.74, 6) is 0.815. The van der Waals surface area contributed by atoms with Crippen molar-refractivity contribution in [1.29, 1.82) is 0 Å². The van der Waals surface area contributed by atoms with Crippen LogP contribution in [0.4, 0.5) is 4.39 Å². The minimum atomic E-state index is -1.32. The van der Waals surface area contributed by atoms with E-state index < -0.39 is 11.1 Å². The molecule has 0 amide bonds. The first-order valence-corrected chi connectivity index (χ1v) is 10.7. The summed E-state index contributed by atoms with van der Waals surface area (Å²) >= 11 is 0. The maximum absolute atomic E-state index is 16.8. The number of ketones is 2. The predicted octanol–water partition coefficient (Wildman–Crippen LogP) is 5.62. The molecular formula is C24H33FO2. The lowest BCUT2D eigenvalue weighted by Crippen LogP contribution is -2.61. The van der Waals surface area contributed by atoms with Crippen molar-refractivity contribution in [2.45, 2.75) is 78.8 Å². The average molecular weight is 373 g/mol. The molecule has 2 nitrogen and oxygen atoms in total. The van der Waals surface area contributed by atoms with Crippen molar-refractivity contribution in [2.75, 3.05) is 0 Å². The number of carbonyl (C=O) groups is 2. The first-order chi connectivity index (χ1) is 12.5. The monoisotopic (exact) mass is 372 g/mol. The summed E-state index contributed by atoms with van der Waals surface area (Å²) in [7, 11) is 0. The van der Waals surface area contributed by atoms with E-state index >= 15 is 4.39 Å². The van der Waals surface area contributed by atoms with Crippen molar-refractivity contribution in [3.8, 4) is 0 Å². The highest BCUT2D eigenvalue weighted by Gasteiger charge is 2.71. The smallest absolute Gasteiger partial charge is 0.178 e. The summed E-state index contributed by atoms with van der Waals surface area (Å²) in [6.07, 6.45) is 9.39. The van der Waals surface area contributed by atoms with Crippen LogP contribution in [-0.4, -0.2) is 17.2 Å².